The molecule has 1 aromatic rings. The lowest BCUT2D eigenvalue weighted by molar-refractivity contribution is -0.0215. The zero-order valence-corrected chi connectivity index (χ0v) is 11.2. The van der Waals surface area contributed by atoms with Gasteiger partial charge in [0, 0.05) is 18.7 Å². The highest BCUT2D eigenvalue weighted by atomic mass is 19.1. The second-order valence-corrected chi connectivity index (χ2v) is 4.81. The normalized spacial score (nSPS) is 23.0. The molecule has 0 aliphatic carbocycles. The van der Waals surface area contributed by atoms with E-state index in [9.17, 15) is 4.39 Å². The lowest BCUT2D eigenvalue weighted by Crippen LogP contribution is -2.54. The number of halogens is 1. The van der Waals surface area contributed by atoms with Crippen LogP contribution in [0.2, 0.25) is 0 Å². The topological polar surface area (TPSA) is 71.0 Å². The largest absolute Gasteiger partial charge is 0.486 e. The summed E-state index contributed by atoms with van der Waals surface area (Å²) in [6.45, 7) is 0.670. The van der Waals surface area contributed by atoms with Gasteiger partial charge >= 0.3 is 0 Å². The molecule has 1 aromatic carbocycles. The summed E-state index contributed by atoms with van der Waals surface area (Å²) >= 11 is 0. The van der Waals surface area contributed by atoms with Gasteiger partial charge in [-0.15, -0.1) is 0 Å². The summed E-state index contributed by atoms with van der Waals surface area (Å²) in [6, 6.07) is 5.49. The molecule has 0 radical (unpaired) electrons. The number of aliphatic hydroxyl groups is 2. The van der Waals surface area contributed by atoms with Crippen LogP contribution in [0.1, 0.15) is 6.42 Å². The van der Waals surface area contributed by atoms with Crippen LogP contribution < -0.4 is 10.1 Å². The second kappa shape index (κ2) is 7.54. The molecule has 5 nitrogen and oxygen atoms in total. The fourth-order valence-electron chi connectivity index (χ4n) is 2.20. The monoisotopic (exact) mass is 285 g/mol. The molecular formula is C14H20FNO4. The maximum atomic E-state index is 13.1. The second-order valence-electron chi connectivity index (χ2n) is 4.81. The molecule has 0 spiro atoms. The highest BCUT2D eigenvalue weighted by Gasteiger charge is 2.29. The Morgan fingerprint density at radius 2 is 2.20 bits per heavy atom. The minimum Gasteiger partial charge on any atom is -0.486 e. The third-order valence-corrected chi connectivity index (χ3v) is 3.28. The zero-order valence-electron chi connectivity index (χ0n) is 11.2. The van der Waals surface area contributed by atoms with Crippen LogP contribution in [0.4, 0.5) is 4.39 Å². The van der Waals surface area contributed by atoms with Crippen molar-refractivity contribution in [3.8, 4) is 5.75 Å². The van der Waals surface area contributed by atoms with E-state index in [4.69, 9.17) is 19.7 Å². The van der Waals surface area contributed by atoms with Crippen LogP contribution in [-0.2, 0) is 4.74 Å². The first-order valence-electron chi connectivity index (χ1n) is 6.70. The van der Waals surface area contributed by atoms with Crippen LogP contribution in [-0.4, -0.2) is 54.8 Å². The van der Waals surface area contributed by atoms with Gasteiger partial charge < -0.3 is 25.0 Å². The minimum absolute atomic E-state index is 0.0590. The summed E-state index contributed by atoms with van der Waals surface area (Å²) < 4.78 is 24.3. The summed E-state index contributed by atoms with van der Waals surface area (Å²) in [5, 5.41) is 21.4. The van der Waals surface area contributed by atoms with Crippen molar-refractivity contribution in [3.05, 3.63) is 30.1 Å². The Morgan fingerprint density at radius 1 is 1.40 bits per heavy atom. The molecule has 0 saturated carbocycles. The van der Waals surface area contributed by atoms with Crippen LogP contribution >= 0.6 is 0 Å². The molecule has 0 amide bonds. The molecule has 1 fully saturated rings. The molecule has 1 heterocycles. The lowest BCUT2D eigenvalue weighted by Gasteiger charge is -2.34. The number of aliphatic hydroxyl groups excluding tert-OH is 2. The first kappa shape index (κ1) is 15.2. The number of ether oxygens (including phenoxy) is 2. The number of hydrogen-bond donors (Lipinski definition) is 3. The van der Waals surface area contributed by atoms with E-state index < -0.39 is 6.04 Å². The van der Waals surface area contributed by atoms with E-state index >= 15 is 0 Å². The Hall–Kier alpha value is -1.21. The molecule has 1 aliphatic rings. The predicted octanol–water partition coefficient (Wildman–Crippen LogP) is 0.305. The molecule has 0 bridgehead atoms. The average Bonchev–Trinajstić information content (AvgIpc) is 2.46. The Morgan fingerprint density at radius 3 is 2.90 bits per heavy atom. The standard InChI is InChI=1S/C14H20FNO4/c15-10-2-1-3-12(6-10)20-14-9-19-5-4-13(14)16-11(7-17)8-18/h1-3,6,11,13-14,16-18H,4-5,7-9H2/t13-,14-/m1/s1. The first-order valence-corrected chi connectivity index (χ1v) is 6.70. The average molecular weight is 285 g/mol. The van der Waals surface area contributed by atoms with E-state index in [1.54, 1.807) is 12.1 Å². The molecule has 20 heavy (non-hydrogen) atoms. The molecule has 1 aliphatic heterocycles. The molecule has 2 rings (SSSR count). The number of nitrogens with one attached hydrogen (secondary N) is 1. The van der Waals surface area contributed by atoms with E-state index in [1.165, 1.54) is 12.1 Å². The molecular weight excluding hydrogens is 265 g/mol. The lowest BCUT2D eigenvalue weighted by atomic mass is 10.0. The third-order valence-electron chi connectivity index (χ3n) is 3.28. The van der Waals surface area contributed by atoms with Gasteiger partial charge in [-0.25, -0.2) is 4.39 Å². The van der Waals surface area contributed by atoms with Crippen LogP contribution in [0.3, 0.4) is 0 Å². The van der Waals surface area contributed by atoms with Gasteiger partial charge in [0.2, 0.25) is 0 Å². The van der Waals surface area contributed by atoms with Gasteiger partial charge in [-0.05, 0) is 18.6 Å². The Kier molecular flexibility index (Phi) is 5.72. The highest BCUT2D eigenvalue weighted by Crippen LogP contribution is 2.19. The Labute approximate surface area is 117 Å². The van der Waals surface area contributed by atoms with Crippen molar-refractivity contribution < 1.29 is 24.1 Å². The summed E-state index contributed by atoms with van der Waals surface area (Å²) in [4.78, 5) is 0. The van der Waals surface area contributed by atoms with Crippen LogP contribution in [0.25, 0.3) is 0 Å². The van der Waals surface area contributed by atoms with Crippen molar-refractivity contribution in [2.45, 2.75) is 24.6 Å². The van der Waals surface area contributed by atoms with Crippen molar-refractivity contribution in [1.29, 1.82) is 0 Å². The number of rotatable bonds is 6. The van der Waals surface area contributed by atoms with E-state index in [1.807, 2.05) is 0 Å². The van der Waals surface area contributed by atoms with Gasteiger partial charge in [0.15, 0.2) is 0 Å². The van der Waals surface area contributed by atoms with Crippen molar-refractivity contribution in [3.63, 3.8) is 0 Å². The van der Waals surface area contributed by atoms with E-state index in [0.29, 0.717) is 25.4 Å². The number of benzene rings is 1. The number of hydrogen-bond acceptors (Lipinski definition) is 5. The van der Waals surface area contributed by atoms with Crippen LogP contribution in [0, 0.1) is 5.82 Å². The summed E-state index contributed by atoms with van der Waals surface area (Å²) in [7, 11) is 0. The van der Waals surface area contributed by atoms with Gasteiger partial charge in [0.25, 0.3) is 0 Å². The molecule has 112 valence electrons. The fraction of sp³-hybridized carbons (Fsp3) is 0.571. The Balaban J connectivity index is 1.99. The predicted molar refractivity (Wildman–Crippen MR) is 71.1 cm³/mol. The SMILES string of the molecule is OCC(CO)N[C@@H]1CCOC[C@H]1Oc1cccc(F)c1. The third kappa shape index (κ3) is 4.14. The maximum Gasteiger partial charge on any atom is 0.137 e. The molecule has 0 aromatic heterocycles. The Bertz CT molecular complexity index is 414. The van der Waals surface area contributed by atoms with Gasteiger partial charge in [-0.1, -0.05) is 6.07 Å². The van der Waals surface area contributed by atoms with Crippen LogP contribution in [0.15, 0.2) is 24.3 Å². The summed E-state index contributed by atoms with van der Waals surface area (Å²) in [5.74, 6) is 0.0872. The molecule has 6 heteroatoms. The molecule has 0 unspecified atom stereocenters. The van der Waals surface area contributed by atoms with E-state index in [0.717, 1.165) is 0 Å². The van der Waals surface area contributed by atoms with E-state index in [2.05, 4.69) is 5.32 Å². The van der Waals surface area contributed by atoms with Crippen LogP contribution in [0.5, 0.6) is 5.75 Å². The summed E-state index contributed by atoms with van der Waals surface area (Å²) in [5.41, 5.74) is 0. The zero-order chi connectivity index (χ0) is 14.4. The van der Waals surface area contributed by atoms with Crippen molar-refractivity contribution in [2.24, 2.45) is 0 Å². The smallest absolute Gasteiger partial charge is 0.137 e. The van der Waals surface area contributed by atoms with Gasteiger partial charge in [-0.3, -0.25) is 0 Å². The molecule has 1 saturated heterocycles. The quantitative estimate of drug-likeness (QED) is 0.701. The van der Waals surface area contributed by atoms with Gasteiger partial charge in [-0.2, -0.15) is 0 Å². The van der Waals surface area contributed by atoms with Crippen molar-refractivity contribution >= 4 is 0 Å². The molecule has 2 atom stereocenters. The van der Waals surface area contributed by atoms with Gasteiger partial charge in [0.05, 0.1) is 25.9 Å². The van der Waals surface area contributed by atoms with Crippen molar-refractivity contribution in [2.75, 3.05) is 26.4 Å². The fourth-order valence-corrected chi connectivity index (χ4v) is 2.20. The summed E-state index contributed by atoms with van der Waals surface area (Å²) in [6.07, 6.45) is 0.419. The maximum absolute atomic E-state index is 13.1. The molecule has 3 N–H and O–H groups in total. The van der Waals surface area contributed by atoms with E-state index in [-0.39, 0.29) is 31.2 Å². The minimum atomic E-state index is -0.392. The van der Waals surface area contributed by atoms with Gasteiger partial charge in [0.1, 0.15) is 17.7 Å². The highest BCUT2D eigenvalue weighted by molar-refractivity contribution is 5.23. The van der Waals surface area contributed by atoms with Crippen molar-refractivity contribution in [1.82, 2.24) is 5.32 Å². The first-order chi connectivity index (χ1) is 9.72.